The third-order valence-electron chi connectivity index (χ3n) is 3.55. The summed E-state index contributed by atoms with van der Waals surface area (Å²) in [5.41, 5.74) is 2.43. The molecule has 0 saturated heterocycles. The van der Waals surface area contributed by atoms with E-state index < -0.39 is 17.4 Å². The van der Waals surface area contributed by atoms with Crippen molar-refractivity contribution in [2.75, 3.05) is 0 Å². The number of fused-ring (bicyclic) bond motifs is 1. The molecule has 1 heterocycles. The minimum absolute atomic E-state index is 0.0314. The molecule has 0 aromatic heterocycles. The first-order valence-corrected chi connectivity index (χ1v) is 7.55. The van der Waals surface area contributed by atoms with Gasteiger partial charge in [-0.2, -0.15) is 0 Å². The van der Waals surface area contributed by atoms with Crippen LogP contribution >= 0.6 is 11.6 Å². The van der Waals surface area contributed by atoms with Gasteiger partial charge >= 0.3 is 0 Å². The molecular weight excluding hydrogens is 350 g/mol. The summed E-state index contributed by atoms with van der Waals surface area (Å²) in [6, 6.07) is 8.72. The third kappa shape index (κ3) is 3.12. The molecule has 1 unspecified atom stereocenters. The standard InChI is InChI=1S/C17H14ClNO6/c1-9(20)19-25-17(23)13(10-3-2-4-11(18)5-10)8-24-15-7-12(21)6-14(22)16(15)17/h2-8,21-23H,1H3,(H,19,20). The SMILES string of the molecule is CC(=O)NOC1(O)C(c2cccc(Cl)c2)=COc2cc(O)cc(O)c21. The first kappa shape index (κ1) is 17.1. The van der Waals surface area contributed by atoms with Crippen molar-refractivity contribution >= 4 is 23.1 Å². The number of aromatic hydroxyl groups is 2. The first-order chi connectivity index (χ1) is 11.8. The Morgan fingerprint density at radius 1 is 1.28 bits per heavy atom. The fourth-order valence-electron chi connectivity index (χ4n) is 2.53. The second-order valence-corrected chi connectivity index (χ2v) is 5.84. The molecule has 8 heteroatoms. The van der Waals surface area contributed by atoms with Crippen LogP contribution in [-0.2, 0) is 15.4 Å². The zero-order valence-corrected chi connectivity index (χ0v) is 13.7. The van der Waals surface area contributed by atoms with Gasteiger partial charge in [0.15, 0.2) is 0 Å². The second-order valence-electron chi connectivity index (χ2n) is 5.40. The number of carbonyl (C=O) groups is 1. The monoisotopic (exact) mass is 363 g/mol. The highest BCUT2D eigenvalue weighted by Gasteiger charge is 2.45. The summed E-state index contributed by atoms with van der Waals surface area (Å²) in [6.45, 7) is 1.20. The van der Waals surface area contributed by atoms with Gasteiger partial charge in [0.1, 0.15) is 29.1 Å². The number of carbonyl (C=O) groups excluding carboxylic acids is 1. The van der Waals surface area contributed by atoms with Gasteiger partial charge in [-0.1, -0.05) is 23.7 Å². The fourth-order valence-corrected chi connectivity index (χ4v) is 2.72. The Labute approximate surface area is 147 Å². The molecular formula is C17H14ClNO6. The number of hydrogen-bond acceptors (Lipinski definition) is 6. The Morgan fingerprint density at radius 2 is 2.04 bits per heavy atom. The van der Waals surface area contributed by atoms with Crippen LogP contribution in [0.2, 0.25) is 5.02 Å². The van der Waals surface area contributed by atoms with Gasteiger partial charge in [0, 0.05) is 24.1 Å². The first-order valence-electron chi connectivity index (χ1n) is 7.18. The molecule has 25 heavy (non-hydrogen) atoms. The lowest BCUT2D eigenvalue weighted by Crippen LogP contribution is -2.40. The van der Waals surface area contributed by atoms with Gasteiger partial charge in [-0.3, -0.25) is 4.79 Å². The van der Waals surface area contributed by atoms with E-state index >= 15 is 0 Å². The van der Waals surface area contributed by atoms with Crippen LogP contribution in [0.25, 0.3) is 5.57 Å². The lowest BCUT2D eigenvalue weighted by atomic mass is 9.90. The second kappa shape index (κ2) is 6.29. The molecule has 1 aliphatic rings. The summed E-state index contributed by atoms with van der Waals surface area (Å²) in [4.78, 5) is 16.5. The molecule has 1 aliphatic heterocycles. The number of nitrogens with one attached hydrogen (secondary N) is 1. The highest BCUT2D eigenvalue weighted by Crippen LogP contribution is 2.49. The summed E-state index contributed by atoms with van der Waals surface area (Å²) >= 11 is 5.99. The molecule has 0 bridgehead atoms. The lowest BCUT2D eigenvalue weighted by Gasteiger charge is -2.34. The van der Waals surface area contributed by atoms with Gasteiger partial charge < -0.3 is 20.1 Å². The molecule has 0 radical (unpaired) electrons. The Bertz CT molecular complexity index is 881. The van der Waals surface area contributed by atoms with Crippen LogP contribution in [0, 0.1) is 0 Å². The number of hydrogen-bond donors (Lipinski definition) is 4. The minimum atomic E-state index is -2.28. The van der Waals surface area contributed by atoms with E-state index in [0.29, 0.717) is 10.6 Å². The molecule has 130 valence electrons. The van der Waals surface area contributed by atoms with Crippen LogP contribution < -0.4 is 10.2 Å². The highest BCUT2D eigenvalue weighted by molar-refractivity contribution is 6.30. The maximum Gasteiger partial charge on any atom is 0.254 e. The van der Waals surface area contributed by atoms with Crippen molar-refractivity contribution in [2.24, 2.45) is 0 Å². The van der Waals surface area contributed by atoms with Crippen molar-refractivity contribution in [2.45, 2.75) is 12.7 Å². The average Bonchev–Trinajstić information content (AvgIpc) is 2.52. The molecule has 3 rings (SSSR count). The van der Waals surface area contributed by atoms with Crippen LogP contribution in [0.5, 0.6) is 17.2 Å². The molecule has 4 N–H and O–H groups in total. The zero-order chi connectivity index (χ0) is 18.2. The largest absolute Gasteiger partial charge is 0.508 e. The van der Waals surface area contributed by atoms with E-state index in [1.54, 1.807) is 24.3 Å². The summed E-state index contributed by atoms with van der Waals surface area (Å²) in [5, 5.41) is 31.4. The van der Waals surface area contributed by atoms with Crippen LogP contribution in [0.4, 0.5) is 0 Å². The van der Waals surface area contributed by atoms with Crippen LogP contribution in [-0.4, -0.2) is 21.2 Å². The molecule has 1 amide bonds. The predicted octanol–water partition coefficient (Wildman–Crippen LogP) is 2.40. The van der Waals surface area contributed by atoms with E-state index in [0.717, 1.165) is 6.07 Å². The van der Waals surface area contributed by atoms with Gasteiger partial charge in [-0.15, -0.1) is 0 Å². The Morgan fingerprint density at radius 3 is 2.72 bits per heavy atom. The average molecular weight is 364 g/mol. The number of aliphatic hydroxyl groups is 1. The van der Waals surface area contributed by atoms with E-state index in [1.807, 2.05) is 0 Å². The van der Waals surface area contributed by atoms with Crippen LogP contribution in [0.1, 0.15) is 18.1 Å². The van der Waals surface area contributed by atoms with Crippen LogP contribution in [0.3, 0.4) is 0 Å². The summed E-state index contributed by atoms with van der Waals surface area (Å²) in [7, 11) is 0. The van der Waals surface area contributed by atoms with Gasteiger partial charge in [0.2, 0.25) is 5.91 Å². The lowest BCUT2D eigenvalue weighted by molar-refractivity contribution is -0.211. The zero-order valence-electron chi connectivity index (χ0n) is 13.0. The Balaban J connectivity index is 2.18. The van der Waals surface area contributed by atoms with Crippen molar-refractivity contribution in [3.8, 4) is 17.2 Å². The number of hydroxylamine groups is 1. The number of rotatable bonds is 3. The van der Waals surface area contributed by atoms with E-state index in [1.165, 1.54) is 19.3 Å². The smallest absolute Gasteiger partial charge is 0.254 e. The van der Waals surface area contributed by atoms with E-state index in [-0.39, 0.29) is 22.6 Å². The summed E-state index contributed by atoms with van der Waals surface area (Å²) < 4.78 is 5.42. The quantitative estimate of drug-likeness (QED) is 0.492. The summed E-state index contributed by atoms with van der Waals surface area (Å²) in [5.74, 6) is -3.61. The number of phenols is 2. The molecule has 0 saturated carbocycles. The number of benzene rings is 2. The number of amides is 1. The number of halogens is 1. The summed E-state index contributed by atoms with van der Waals surface area (Å²) in [6.07, 6.45) is 1.19. The minimum Gasteiger partial charge on any atom is -0.508 e. The molecule has 0 aliphatic carbocycles. The van der Waals surface area contributed by atoms with Crippen molar-refractivity contribution in [1.29, 1.82) is 0 Å². The predicted molar refractivity (Wildman–Crippen MR) is 88.6 cm³/mol. The van der Waals surface area contributed by atoms with E-state index in [2.05, 4.69) is 5.48 Å². The maximum absolute atomic E-state index is 11.3. The van der Waals surface area contributed by atoms with Gasteiger partial charge in [-0.05, 0) is 17.7 Å². The maximum atomic E-state index is 11.3. The molecule has 2 aromatic carbocycles. The molecule has 2 aromatic rings. The van der Waals surface area contributed by atoms with Gasteiger partial charge in [0.05, 0.1) is 5.57 Å². The highest BCUT2D eigenvalue weighted by atomic mass is 35.5. The number of phenolic OH excluding ortho intramolecular Hbond substituents is 2. The van der Waals surface area contributed by atoms with Gasteiger partial charge in [-0.25, -0.2) is 10.3 Å². The Kier molecular flexibility index (Phi) is 4.30. The van der Waals surface area contributed by atoms with Crippen molar-refractivity contribution in [3.05, 3.63) is 58.8 Å². The molecule has 1 atom stereocenters. The topological polar surface area (TPSA) is 108 Å². The molecule has 0 spiro atoms. The Hall–Kier alpha value is -2.74. The third-order valence-corrected chi connectivity index (χ3v) is 3.79. The fraction of sp³-hybridized carbons (Fsp3) is 0.118. The number of ether oxygens (including phenoxy) is 1. The van der Waals surface area contributed by atoms with E-state index in [4.69, 9.17) is 21.2 Å². The normalized spacial score (nSPS) is 18.8. The van der Waals surface area contributed by atoms with Gasteiger partial charge in [0.25, 0.3) is 5.79 Å². The molecule has 7 nitrogen and oxygen atoms in total. The van der Waals surface area contributed by atoms with Crippen molar-refractivity contribution in [3.63, 3.8) is 0 Å². The van der Waals surface area contributed by atoms with Crippen LogP contribution in [0.15, 0.2) is 42.7 Å². The van der Waals surface area contributed by atoms with E-state index in [9.17, 15) is 20.1 Å². The van der Waals surface area contributed by atoms with Crippen molar-refractivity contribution in [1.82, 2.24) is 5.48 Å². The van der Waals surface area contributed by atoms with Crippen molar-refractivity contribution < 1.29 is 29.7 Å². The molecule has 0 fully saturated rings.